The van der Waals surface area contributed by atoms with Crippen LogP contribution in [0.2, 0.25) is 0 Å². The van der Waals surface area contributed by atoms with Gasteiger partial charge in [0.05, 0.1) is 31.0 Å². The van der Waals surface area contributed by atoms with E-state index in [1.54, 1.807) is 0 Å². The zero-order chi connectivity index (χ0) is 40.6. The molecule has 6 rings (SSSR count). The Labute approximate surface area is 327 Å². The highest BCUT2D eigenvalue weighted by atomic mass is 16.8. The molecule has 4 aliphatic carbocycles. The second-order valence-corrected chi connectivity index (χ2v) is 20.1. The normalized spacial score (nSPS) is 52.0. The maximum absolute atomic E-state index is 12.2. The lowest BCUT2D eigenvalue weighted by atomic mass is 9.35. The van der Waals surface area contributed by atoms with Crippen LogP contribution in [0.5, 0.6) is 0 Å². The molecule has 13 nitrogen and oxygen atoms in total. The summed E-state index contributed by atoms with van der Waals surface area (Å²) in [4.78, 5) is 0. The third-order valence-electron chi connectivity index (χ3n) is 16.6. The van der Waals surface area contributed by atoms with Gasteiger partial charge >= 0.3 is 0 Å². The summed E-state index contributed by atoms with van der Waals surface area (Å²) < 4.78 is 24.4. The molecule has 0 aromatic carbocycles. The van der Waals surface area contributed by atoms with Crippen LogP contribution in [0, 0.1) is 45.3 Å². The minimum Gasteiger partial charge on any atom is -0.394 e. The number of rotatable bonds is 10. The van der Waals surface area contributed by atoms with Crippen molar-refractivity contribution in [2.75, 3.05) is 13.2 Å². The molecule has 2 saturated heterocycles. The Morgan fingerprint density at radius 2 is 1.33 bits per heavy atom. The maximum Gasteiger partial charge on any atom is 0.187 e. The molecule has 0 amide bonds. The smallest absolute Gasteiger partial charge is 0.187 e. The van der Waals surface area contributed by atoms with Crippen LogP contribution in [0.15, 0.2) is 11.6 Å². The molecule has 318 valence electrons. The summed E-state index contributed by atoms with van der Waals surface area (Å²) in [6.07, 6.45) is -6.48. The number of aliphatic hydroxyl groups excluding tert-OH is 8. The SMILES string of the molecule is CC(C)=CCC[C@](C)(O)[C@H]1CC[C@]2(C)C1[C@H](O)C[C@@H]1[C@@]3(C)CC[C@H](OC4OC(CO)C(O)C(O)C4OC4OC(CO)C(O)C(O)C4O)C(C)(C)C3CC[C@]12C. The second kappa shape index (κ2) is 15.7. The molecule has 4 saturated carbocycles. The van der Waals surface area contributed by atoms with Crippen molar-refractivity contribution in [2.45, 2.75) is 192 Å². The number of hydrogen-bond acceptors (Lipinski definition) is 13. The molecule has 0 bridgehead atoms. The van der Waals surface area contributed by atoms with E-state index in [1.807, 2.05) is 6.92 Å². The molecule has 9 N–H and O–H groups in total. The zero-order valence-corrected chi connectivity index (χ0v) is 34.3. The highest BCUT2D eigenvalue weighted by Crippen LogP contribution is 2.76. The lowest BCUT2D eigenvalue weighted by Gasteiger charge is -2.70. The summed E-state index contributed by atoms with van der Waals surface area (Å²) in [5.74, 6) is 0.445. The van der Waals surface area contributed by atoms with Gasteiger partial charge < -0.3 is 64.9 Å². The molecule has 6 fully saturated rings. The van der Waals surface area contributed by atoms with Crippen LogP contribution in [0.25, 0.3) is 0 Å². The Hall–Kier alpha value is -0.780. The third kappa shape index (κ3) is 7.20. The van der Waals surface area contributed by atoms with Crippen LogP contribution in [0.1, 0.15) is 113 Å². The van der Waals surface area contributed by atoms with Crippen LogP contribution in [0.3, 0.4) is 0 Å². The molecular formula is C42H72O13. The maximum atomic E-state index is 12.2. The highest BCUT2D eigenvalue weighted by Gasteiger charge is 2.71. The zero-order valence-electron chi connectivity index (χ0n) is 34.3. The fourth-order valence-corrected chi connectivity index (χ4v) is 13.3. The van der Waals surface area contributed by atoms with Gasteiger partial charge in [0.25, 0.3) is 0 Å². The van der Waals surface area contributed by atoms with Crippen LogP contribution in [0.4, 0.5) is 0 Å². The Bertz CT molecular complexity index is 1370. The monoisotopic (exact) mass is 784 g/mol. The average molecular weight is 785 g/mol. The molecular weight excluding hydrogens is 712 g/mol. The lowest BCUT2D eigenvalue weighted by molar-refractivity contribution is -0.378. The molecule has 20 atom stereocenters. The van der Waals surface area contributed by atoms with Crippen molar-refractivity contribution in [1.29, 1.82) is 0 Å². The van der Waals surface area contributed by atoms with Gasteiger partial charge in [0, 0.05) is 0 Å². The van der Waals surface area contributed by atoms with E-state index in [4.69, 9.17) is 18.9 Å². The summed E-state index contributed by atoms with van der Waals surface area (Å²) >= 11 is 0. The van der Waals surface area contributed by atoms with Crippen molar-refractivity contribution in [2.24, 2.45) is 45.3 Å². The summed E-state index contributed by atoms with van der Waals surface area (Å²) in [6.45, 7) is 16.5. The van der Waals surface area contributed by atoms with Gasteiger partial charge in [0.2, 0.25) is 0 Å². The van der Waals surface area contributed by atoms with Crippen molar-refractivity contribution in [3.05, 3.63) is 11.6 Å². The molecule has 0 radical (unpaired) electrons. The van der Waals surface area contributed by atoms with E-state index in [1.165, 1.54) is 5.57 Å². The Morgan fingerprint density at radius 1 is 0.727 bits per heavy atom. The summed E-state index contributed by atoms with van der Waals surface area (Å²) in [7, 11) is 0. The van der Waals surface area contributed by atoms with Gasteiger partial charge in [-0.2, -0.15) is 0 Å². The van der Waals surface area contributed by atoms with E-state index in [0.29, 0.717) is 19.3 Å². The fourth-order valence-electron chi connectivity index (χ4n) is 13.3. The van der Waals surface area contributed by atoms with Gasteiger partial charge in [-0.05, 0) is 124 Å². The molecule has 0 aromatic heterocycles. The first kappa shape index (κ1) is 43.8. The van der Waals surface area contributed by atoms with Crippen LogP contribution in [-0.2, 0) is 18.9 Å². The number of hydrogen-bond donors (Lipinski definition) is 9. The Morgan fingerprint density at radius 3 is 1.95 bits per heavy atom. The van der Waals surface area contributed by atoms with Crippen molar-refractivity contribution < 1.29 is 64.9 Å². The van der Waals surface area contributed by atoms with E-state index in [2.05, 4.69) is 54.5 Å². The third-order valence-corrected chi connectivity index (χ3v) is 16.6. The Kier molecular flexibility index (Phi) is 12.5. The summed E-state index contributed by atoms with van der Waals surface area (Å²) in [5.41, 5.74) is -0.405. The quantitative estimate of drug-likeness (QED) is 0.115. The van der Waals surface area contributed by atoms with E-state index >= 15 is 0 Å². The second-order valence-electron chi connectivity index (χ2n) is 20.1. The van der Waals surface area contributed by atoms with E-state index in [0.717, 1.165) is 38.5 Å². The number of aliphatic hydroxyl groups is 9. The van der Waals surface area contributed by atoms with Crippen LogP contribution in [-0.4, -0.2) is 138 Å². The minimum atomic E-state index is -1.75. The standard InChI is InChI=1S/C42H72O13/c1-21(2)10-9-14-42(8,51)22-11-16-41(7)29(22)23(45)18-27-39(5)15-13-28(38(3,4)26(39)12-17-40(27,41)6)54-37-35(33(49)31(47)25(20-44)53-37)55-36-34(50)32(48)30(46)24(19-43)52-36/h10,22-37,43-51H,9,11-20H2,1-8H3/t22-,23+,24?,25?,26?,27+,28-,29?,30?,31?,32?,33?,34?,35?,36?,37?,39-,40+,41+,42-/m0/s1. The molecule has 12 unspecified atom stereocenters. The molecule has 0 spiro atoms. The topological polar surface area (TPSA) is 219 Å². The van der Waals surface area contributed by atoms with Gasteiger partial charge in [-0.3, -0.25) is 0 Å². The van der Waals surface area contributed by atoms with Crippen molar-refractivity contribution in [3.8, 4) is 0 Å². The lowest BCUT2D eigenvalue weighted by Crippen LogP contribution is -2.68. The van der Waals surface area contributed by atoms with Gasteiger partial charge in [0.1, 0.15) is 48.8 Å². The number of allylic oxidation sites excluding steroid dienone is 2. The van der Waals surface area contributed by atoms with E-state index < -0.39 is 97.8 Å². The molecule has 13 heteroatoms. The van der Waals surface area contributed by atoms with E-state index in [9.17, 15) is 46.0 Å². The predicted molar refractivity (Wildman–Crippen MR) is 201 cm³/mol. The van der Waals surface area contributed by atoms with Gasteiger partial charge in [-0.15, -0.1) is 0 Å². The molecule has 0 aromatic rings. The van der Waals surface area contributed by atoms with Gasteiger partial charge in [-0.1, -0.05) is 46.3 Å². The van der Waals surface area contributed by atoms with Crippen molar-refractivity contribution >= 4 is 0 Å². The highest BCUT2D eigenvalue weighted by molar-refractivity contribution is 5.20. The number of ether oxygens (including phenoxy) is 4. The van der Waals surface area contributed by atoms with Gasteiger partial charge in [-0.25, -0.2) is 0 Å². The first-order chi connectivity index (χ1) is 25.6. The van der Waals surface area contributed by atoms with Crippen molar-refractivity contribution in [3.63, 3.8) is 0 Å². The molecule has 6 aliphatic rings. The van der Waals surface area contributed by atoms with Crippen LogP contribution >= 0.6 is 0 Å². The van der Waals surface area contributed by atoms with Gasteiger partial charge in [0.15, 0.2) is 12.6 Å². The molecule has 55 heavy (non-hydrogen) atoms. The summed E-state index contributed by atoms with van der Waals surface area (Å²) in [5, 5.41) is 97.4. The van der Waals surface area contributed by atoms with Crippen LogP contribution < -0.4 is 0 Å². The Balaban J connectivity index is 1.23. The predicted octanol–water partition coefficient (Wildman–Crippen LogP) is 2.15. The first-order valence-electron chi connectivity index (χ1n) is 20.9. The largest absolute Gasteiger partial charge is 0.394 e. The fraction of sp³-hybridized carbons (Fsp3) is 0.952. The van der Waals surface area contributed by atoms with Crippen molar-refractivity contribution in [1.82, 2.24) is 0 Å². The molecule has 2 aliphatic heterocycles. The summed E-state index contributed by atoms with van der Waals surface area (Å²) in [6, 6.07) is 0. The van der Waals surface area contributed by atoms with E-state index in [-0.39, 0.29) is 39.9 Å². The molecule has 2 heterocycles. The minimum absolute atomic E-state index is 0.00798. The first-order valence-corrected chi connectivity index (χ1v) is 20.9. The number of fused-ring (bicyclic) bond motifs is 5. The average Bonchev–Trinajstić information content (AvgIpc) is 3.50.